The fourth-order valence-corrected chi connectivity index (χ4v) is 2.10. The van der Waals surface area contributed by atoms with Gasteiger partial charge in [0.1, 0.15) is 11.6 Å². The Labute approximate surface area is 118 Å². The molecule has 1 aromatic heterocycles. The van der Waals surface area contributed by atoms with Crippen molar-refractivity contribution in [3.8, 4) is 0 Å². The smallest absolute Gasteiger partial charge is 0.127 e. The van der Waals surface area contributed by atoms with E-state index in [0.29, 0.717) is 31.6 Å². The monoisotopic (exact) mass is 277 g/mol. The molecular weight excluding hydrogens is 257 g/mol. The molecule has 0 aliphatic rings. The number of rotatable bonds is 7. The highest BCUT2D eigenvalue weighted by atomic mass is 19.1. The first-order chi connectivity index (χ1) is 9.69. The fraction of sp³-hybridized carbons (Fsp3) is 0.375. The van der Waals surface area contributed by atoms with E-state index in [1.165, 1.54) is 6.07 Å². The van der Waals surface area contributed by atoms with E-state index in [-0.39, 0.29) is 5.82 Å². The molecule has 0 saturated heterocycles. The average molecular weight is 277 g/mol. The zero-order chi connectivity index (χ0) is 14.4. The number of aliphatic hydroxyl groups excluding tert-OH is 1. The molecule has 108 valence electrons. The van der Waals surface area contributed by atoms with Crippen molar-refractivity contribution >= 4 is 0 Å². The molecule has 0 bridgehead atoms. The van der Waals surface area contributed by atoms with Crippen molar-refractivity contribution in [2.45, 2.75) is 32.5 Å². The van der Waals surface area contributed by atoms with Crippen molar-refractivity contribution in [2.24, 2.45) is 0 Å². The SMILES string of the molecule is CC[C@H](O)CN(Cc1ccco1)Cc1ccccc1F. The molecule has 0 aliphatic heterocycles. The Morgan fingerprint density at radius 2 is 2.00 bits per heavy atom. The molecule has 4 heteroatoms. The minimum absolute atomic E-state index is 0.220. The predicted octanol–water partition coefficient (Wildman–Crippen LogP) is 3.19. The van der Waals surface area contributed by atoms with Crippen LogP contribution in [-0.2, 0) is 13.1 Å². The van der Waals surface area contributed by atoms with Crippen molar-refractivity contribution in [3.63, 3.8) is 0 Å². The van der Waals surface area contributed by atoms with Gasteiger partial charge in [-0.1, -0.05) is 25.1 Å². The largest absolute Gasteiger partial charge is 0.468 e. The third-order valence-electron chi connectivity index (χ3n) is 3.25. The summed E-state index contributed by atoms with van der Waals surface area (Å²) in [6, 6.07) is 10.4. The van der Waals surface area contributed by atoms with Crippen LogP contribution in [0.5, 0.6) is 0 Å². The summed E-state index contributed by atoms with van der Waals surface area (Å²) in [5.41, 5.74) is 0.627. The topological polar surface area (TPSA) is 36.6 Å². The first-order valence-electron chi connectivity index (χ1n) is 6.85. The molecular formula is C16H20FNO2. The maximum atomic E-state index is 13.7. The molecule has 1 heterocycles. The first kappa shape index (κ1) is 14.8. The fourth-order valence-electron chi connectivity index (χ4n) is 2.10. The van der Waals surface area contributed by atoms with Crippen LogP contribution in [0.15, 0.2) is 47.1 Å². The van der Waals surface area contributed by atoms with E-state index in [2.05, 4.69) is 0 Å². The van der Waals surface area contributed by atoms with Crippen LogP contribution in [0.25, 0.3) is 0 Å². The van der Waals surface area contributed by atoms with E-state index in [9.17, 15) is 9.50 Å². The second-order valence-corrected chi connectivity index (χ2v) is 4.90. The van der Waals surface area contributed by atoms with E-state index < -0.39 is 6.10 Å². The zero-order valence-electron chi connectivity index (χ0n) is 11.6. The highest BCUT2D eigenvalue weighted by molar-refractivity contribution is 5.17. The summed E-state index contributed by atoms with van der Waals surface area (Å²) < 4.78 is 19.1. The standard InChI is InChI=1S/C16H20FNO2/c1-2-14(19)11-18(12-15-7-5-9-20-15)10-13-6-3-4-8-16(13)17/h3-9,14,19H,2,10-12H2,1H3/t14-/m0/s1. The molecule has 1 atom stereocenters. The van der Waals surface area contributed by atoms with Crippen molar-refractivity contribution in [3.05, 3.63) is 59.8 Å². The normalized spacial score (nSPS) is 12.8. The third kappa shape index (κ3) is 4.18. The highest BCUT2D eigenvalue weighted by Crippen LogP contribution is 2.14. The van der Waals surface area contributed by atoms with E-state index in [0.717, 1.165) is 5.76 Å². The lowest BCUT2D eigenvalue weighted by molar-refractivity contribution is 0.0967. The Kier molecular flexibility index (Phi) is 5.32. The quantitative estimate of drug-likeness (QED) is 0.844. The number of aliphatic hydroxyl groups is 1. The molecule has 0 unspecified atom stereocenters. The van der Waals surface area contributed by atoms with Crippen LogP contribution in [0.2, 0.25) is 0 Å². The van der Waals surface area contributed by atoms with E-state index in [1.54, 1.807) is 18.4 Å². The van der Waals surface area contributed by atoms with Crippen LogP contribution in [0, 0.1) is 5.82 Å². The van der Waals surface area contributed by atoms with Gasteiger partial charge >= 0.3 is 0 Å². The van der Waals surface area contributed by atoms with Gasteiger partial charge in [0.2, 0.25) is 0 Å². The number of nitrogens with zero attached hydrogens (tertiary/aromatic N) is 1. The van der Waals surface area contributed by atoms with E-state index in [1.807, 2.05) is 30.0 Å². The lowest BCUT2D eigenvalue weighted by atomic mass is 10.1. The molecule has 2 rings (SSSR count). The number of benzene rings is 1. The van der Waals surface area contributed by atoms with Gasteiger partial charge in [-0.25, -0.2) is 4.39 Å². The lowest BCUT2D eigenvalue weighted by Gasteiger charge is -2.24. The predicted molar refractivity (Wildman–Crippen MR) is 75.5 cm³/mol. The molecule has 3 nitrogen and oxygen atoms in total. The van der Waals surface area contributed by atoms with Crippen molar-refractivity contribution in [1.82, 2.24) is 4.90 Å². The highest BCUT2D eigenvalue weighted by Gasteiger charge is 2.14. The lowest BCUT2D eigenvalue weighted by Crippen LogP contribution is -2.31. The van der Waals surface area contributed by atoms with Gasteiger partial charge in [0.25, 0.3) is 0 Å². The molecule has 1 N–H and O–H groups in total. The van der Waals surface area contributed by atoms with E-state index >= 15 is 0 Å². The van der Waals surface area contributed by atoms with Gasteiger partial charge in [-0.05, 0) is 24.6 Å². The maximum Gasteiger partial charge on any atom is 0.127 e. The summed E-state index contributed by atoms with van der Waals surface area (Å²) in [6.07, 6.45) is 1.87. The van der Waals surface area contributed by atoms with Gasteiger partial charge in [0.05, 0.1) is 18.9 Å². The van der Waals surface area contributed by atoms with Gasteiger partial charge in [0.15, 0.2) is 0 Å². The maximum absolute atomic E-state index is 13.7. The second kappa shape index (κ2) is 7.22. The van der Waals surface area contributed by atoms with Crippen molar-refractivity contribution < 1.29 is 13.9 Å². The minimum atomic E-state index is -0.420. The van der Waals surface area contributed by atoms with Crippen LogP contribution in [0.4, 0.5) is 4.39 Å². The summed E-state index contributed by atoms with van der Waals surface area (Å²) in [4.78, 5) is 1.99. The summed E-state index contributed by atoms with van der Waals surface area (Å²) in [5.74, 6) is 0.590. The molecule has 0 spiro atoms. The van der Waals surface area contributed by atoms with Crippen LogP contribution in [0.3, 0.4) is 0 Å². The molecule has 0 fully saturated rings. The summed E-state index contributed by atoms with van der Waals surface area (Å²) >= 11 is 0. The molecule has 20 heavy (non-hydrogen) atoms. The van der Waals surface area contributed by atoms with Crippen LogP contribution in [0.1, 0.15) is 24.7 Å². The molecule has 0 saturated carbocycles. The van der Waals surface area contributed by atoms with Gasteiger partial charge in [-0.3, -0.25) is 4.90 Å². The number of halogens is 1. The molecule has 0 radical (unpaired) electrons. The summed E-state index contributed by atoms with van der Waals surface area (Å²) in [5, 5.41) is 9.84. The molecule has 0 amide bonds. The number of furan rings is 1. The van der Waals surface area contributed by atoms with Crippen LogP contribution < -0.4 is 0 Å². The van der Waals surface area contributed by atoms with Crippen LogP contribution in [-0.4, -0.2) is 22.7 Å². The number of hydrogen-bond donors (Lipinski definition) is 1. The molecule has 0 aliphatic carbocycles. The summed E-state index contributed by atoms with van der Waals surface area (Å²) in [6.45, 7) is 3.42. The van der Waals surface area contributed by atoms with Gasteiger partial charge in [-0.2, -0.15) is 0 Å². The molecule has 2 aromatic rings. The van der Waals surface area contributed by atoms with Crippen LogP contribution >= 0.6 is 0 Å². The number of hydrogen-bond acceptors (Lipinski definition) is 3. The van der Waals surface area contributed by atoms with Gasteiger partial charge in [0, 0.05) is 18.7 Å². The van der Waals surface area contributed by atoms with Gasteiger partial charge < -0.3 is 9.52 Å². The minimum Gasteiger partial charge on any atom is -0.468 e. The molecule has 1 aromatic carbocycles. The van der Waals surface area contributed by atoms with Crippen molar-refractivity contribution in [2.75, 3.05) is 6.54 Å². The van der Waals surface area contributed by atoms with Crippen molar-refractivity contribution in [1.29, 1.82) is 0 Å². The first-order valence-corrected chi connectivity index (χ1v) is 6.85. The van der Waals surface area contributed by atoms with Gasteiger partial charge in [-0.15, -0.1) is 0 Å². The Morgan fingerprint density at radius 1 is 1.20 bits per heavy atom. The second-order valence-electron chi connectivity index (χ2n) is 4.90. The zero-order valence-corrected chi connectivity index (χ0v) is 11.6. The third-order valence-corrected chi connectivity index (χ3v) is 3.25. The van der Waals surface area contributed by atoms with E-state index in [4.69, 9.17) is 4.42 Å². The Hall–Kier alpha value is -1.65. The Balaban J connectivity index is 2.07. The summed E-state index contributed by atoms with van der Waals surface area (Å²) in [7, 11) is 0. The Bertz CT molecular complexity index is 513. The average Bonchev–Trinajstić information content (AvgIpc) is 2.94. The Morgan fingerprint density at radius 3 is 2.65 bits per heavy atom.